The molecule has 1 heterocycles. The van der Waals surface area contributed by atoms with Gasteiger partial charge in [-0.15, -0.1) is 0 Å². The highest BCUT2D eigenvalue weighted by molar-refractivity contribution is 5.63. The summed E-state index contributed by atoms with van der Waals surface area (Å²) in [6.07, 6.45) is 3.98. The Labute approximate surface area is 209 Å². The standard InChI is InChI=1S/C27H31F3N4O2/c1-2-3-17-35-21-13-9-20(10-14-21)33-26-31-18-24(27(28,29)30)25(34-26)32-19-11-15-23(16-12-19)36-22-7-5-4-6-8-22/h9-16,18,22H,2-8,17H2,1H3,(H2,31,32,33,34). The first-order valence-corrected chi connectivity index (χ1v) is 12.4. The minimum atomic E-state index is -4.61. The summed E-state index contributed by atoms with van der Waals surface area (Å²) in [5.74, 6) is 1.14. The SMILES string of the molecule is CCCCOc1ccc(Nc2ncc(C(F)(F)F)c(Nc3ccc(OC4CCCCC4)cc3)n2)cc1. The van der Waals surface area contributed by atoms with E-state index in [-0.39, 0.29) is 17.9 Å². The lowest BCUT2D eigenvalue weighted by Crippen LogP contribution is -2.19. The van der Waals surface area contributed by atoms with Gasteiger partial charge in [-0.2, -0.15) is 18.2 Å². The Morgan fingerprint density at radius 1 is 0.889 bits per heavy atom. The van der Waals surface area contributed by atoms with Crippen molar-refractivity contribution >= 4 is 23.1 Å². The van der Waals surface area contributed by atoms with Crippen LogP contribution in [-0.4, -0.2) is 22.7 Å². The van der Waals surface area contributed by atoms with Gasteiger partial charge in [0.2, 0.25) is 5.95 Å². The van der Waals surface area contributed by atoms with E-state index in [4.69, 9.17) is 9.47 Å². The maximum absolute atomic E-state index is 13.6. The molecule has 1 aliphatic carbocycles. The average molecular weight is 501 g/mol. The average Bonchev–Trinajstić information content (AvgIpc) is 2.87. The van der Waals surface area contributed by atoms with E-state index < -0.39 is 11.7 Å². The van der Waals surface area contributed by atoms with E-state index in [0.29, 0.717) is 23.7 Å². The first-order valence-electron chi connectivity index (χ1n) is 12.4. The molecule has 2 N–H and O–H groups in total. The van der Waals surface area contributed by atoms with Crippen molar-refractivity contribution in [2.75, 3.05) is 17.2 Å². The molecule has 3 aromatic rings. The van der Waals surface area contributed by atoms with Gasteiger partial charge >= 0.3 is 6.18 Å². The molecule has 2 aromatic carbocycles. The van der Waals surface area contributed by atoms with E-state index in [1.807, 2.05) is 0 Å². The van der Waals surface area contributed by atoms with Gasteiger partial charge in [-0.05, 0) is 80.6 Å². The maximum Gasteiger partial charge on any atom is 0.421 e. The molecule has 0 spiro atoms. The van der Waals surface area contributed by atoms with Crippen LogP contribution in [0.2, 0.25) is 0 Å². The minimum absolute atomic E-state index is 0.0439. The molecule has 0 bridgehead atoms. The topological polar surface area (TPSA) is 68.3 Å². The highest BCUT2D eigenvalue weighted by Gasteiger charge is 2.35. The molecule has 4 rings (SSSR count). The zero-order valence-corrected chi connectivity index (χ0v) is 20.3. The van der Waals surface area contributed by atoms with Crippen LogP contribution in [0.15, 0.2) is 54.7 Å². The lowest BCUT2D eigenvalue weighted by molar-refractivity contribution is -0.137. The first kappa shape index (κ1) is 25.6. The van der Waals surface area contributed by atoms with E-state index in [1.165, 1.54) is 6.42 Å². The number of halogens is 3. The Kier molecular flexibility index (Phi) is 8.51. The zero-order valence-electron chi connectivity index (χ0n) is 20.3. The van der Waals surface area contributed by atoms with Crippen molar-refractivity contribution in [1.29, 1.82) is 0 Å². The predicted molar refractivity (Wildman–Crippen MR) is 134 cm³/mol. The molecule has 1 fully saturated rings. The van der Waals surface area contributed by atoms with Gasteiger partial charge in [0.1, 0.15) is 22.9 Å². The lowest BCUT2D eigenvalue weighted by atomic mass is 9.98. The number of nitrogens with zero attached hydrogens (tertiary/aromatic N) is 2. The summed E-state index contributed by atoms with van der Waals surface area (Å²) in [4.78, 5) is 7.98. The van der Waals surface area contributed by atoms with E-state index in [1.54, 1.807) is 48.5 Å². The third kappa shape index (κ3) is 7.26. The van der Waals surface area contributed by atoms with Crippen molar-refractivity contribution in [3.8, 4) is 11.5 Å². The molecular weight excluding hydrogens is 469 g/mol. The fourth-order valence-electron chi connectivity index (χ4n) is 3.97. The lowest BCUT2D eigenvalue weighted by Gasteiger charge is -2.23. The molecule has 192 valence electrons. The van der Waals surface area contributed by atoms with Crippen molar-refractivity contribution in [1.82, 2.24) is 9.97 Å². The van der Waals surface area contributed by atoms with Gasteiger partial charge in [-0.3, -0.25) is 0 Å². The Bertz CT molecular complexity index is 1100. The van der Waals surface area contributed by atoms with Crippen LogP contribution in [0.1, 0.15) is 57.4 Å². The van der Waals surface area contributed by atoms with Crippen molar-refractivity contribution < 1.29 is 22.6 Å². The molecule has 1 saturated carbocycles. The van der Waals surface area contributed by atoms with Gasteiger partial charge in [-0.25, -0.2) is 4.98 Å². The summed E-state index contributed by atoms with van der Waals surface area (Å²) in [6, 6.07) is 14.0. The van der Waals surface area contributed by atoms with Crippen LogP contribution in [0.4, 0.5) is 36.3 Å². The summed E-state index contributed by atoms with van der Waals surface area (Å²) >= 11 is 0. The Morgan fingerprint density at radius 3 is 2.17 bits per heavy atom. The number of nitrogens with one attached hydrogen (secondary N) is 2. The van der Waals surface area contributed by atoms with Crippen LogP contribution >= 0.6 is 0 Å². The Morgan fingerprint density at radius 2 is 1.53 bits per heavy atom. The smallest absolute Gasteiger partial charge is 0.421 e. The summed E-state index contributed by atoms with van der Waals surface area (Å²) in [7, 11) is 0. The molecule has 0 amide bonds. The summed E-state index contributed by atoms with van der Waals surface area (Å²) in [5.41, 5.74) is 0.151. The van der Waals surface area contributed by atoms with E-state index >= 15 is 0 Å². The molecular formula is C27H31F3N4O2. The molecule has 0 atom stereocenters. The monoisotopic (exact) mass is 500 g/mol. The summed E-state index contributed by atoms with van der Waals surface area (Å²) < 4.78 is 52.5. The van der Waals surface area contributed by atoms with E-state index in [9.17, 15) is 13.2 Å². The molecule has 36 heavy (non-hydrogen) atoms. The van der Waals surface area contributed by atoms with Gasteiger partial charge in [-0.1, -0.05) is 19.8 Å². The second-order valence-corrected chi connectivity index (χ2v) is 8.83. The van der Waals surface area contributed by atoms with Crippen molar-refractivity contribution in [2.45, 2.75) is 64.1 Å². The molecule has 0 aliphatic heterocycles. The van der Waals surface area contributed by atoms with Gasteiger partial charge in [0.05, 0.1) is 12.7 Å². The number of anilines is 4. The van der Waals surface area contributed by atoms with E-state index in [2.05, 4.69) is 27.5 Å². The Balaban J connectivity index is 1.45. The number of alkyl halides is 3. The second-order valence-electron chi connectivity index (χ2n) is 8.83. The van der Waals surface area contributed by atoms with Gasteiger partial charge in [0.15, 0.2) is 0 Å². The van der Waals surface area contributed by atoms with Gasteiger partial charge in [0, 0.05) is 17.6 Å². The molecule has 6 nitrogen and oxygen atoms in total. The van der Waals surface area contributed by atoms with Crippen LogP contribution in [0, 0.1) is 0 Å². The number of aromatic nitrogens is 2. The third-order valence-corrected chi connectivity index (χ3v) is 5.94. The predicted octanol–water partition coefficient (Wildman–Crippen LogP) is 7.87. The van der Waals surface area contributed by atoms with Gasteiger partial charge in [0.25, 0.3) is 0 Å². The number of unbranched alkanes of at least 4 members (excludes halogenated alkanes) is 1. The van der Waals surface area contributed by atoms with Gasteiger partial charge < -0.3 is 20.1 Å². The number of rotatable bonds is 10. The zero-order chi connectivity index (χ0) is 25.4. The quantitative estimate of drug-likeness (QED) is 0.276. The van der Waals surface area contributed by atoms with Crippen LogP contribution in [0.25, 0.3) is 0 Å². The highest BCUT2D eigenvalue weighted by Crippen LogP contribution is 2.36. The van der Waals surface area contributed by atoms with Crippen LogP contribution in [0.3, 0.4) is 0 Å². The maximum atomic E-state index is 13.6. The molecule has 0 radical (unpaired) electrons. The fourth-order valence-corrected chi connectivity index (χ4v) is 3.97. The highest BCUT2D eigenvalue weighted by atomic mass is 19.4. The summed E-state index contributed by atoms with van der Waals surface area (Å²) in [5, 5.41) is 5.74. The molecule has 1 aromatic heterocycles. The van der Waals surface area contributed by atoms with E-state index in [0.717, 1.165) is 50.5 Å². The van der Waals surface area contributed by atoms with Crippen LogP contribution in [-0.2, 0) is 6.18 Å². The molecule has 0 saturated heterocycles. The van der Waals surface area contributed by atoms with Crippen molar-refractivity contribution in [2.24, 2.45) is 0 Å². The van der Waals surface area contributed by atoms with Crippen LogP contribution < -0.4 is 20.1 Å². The molecule has 0 unspecified atom stereocenters. The number of ether oxygens (including phenoxy) is 2. The molecule has 1 aliphatic rings. The third-order valence-electron chi connectivity index (χ3n) is 5.94. The second kappa shape index (κ2) is 12.0. The number of hydrogen-bond donors (Lipinski definition) is 2. The Hall–Kier alpha value is -3.49. The summed E-state index contributed by atoms with van der Waals surface area (Å²) in [6.45, 7) is 2.72. The first-order chi connectivity index (χ1) is 17.4. The van der Waals surface area contributed by atoms with Crippen LogP contribution in [0.5, 0.6) is 11.5 Å². The number of hydrogen-bond acceptors (Lipinski definition) is 6. The minimum Gasteiger partial charge on any atom is -0.494 e. The number of benzene rings is 2. The normalized spacial score (nSPS) is 14.3. The van der Waals surface area contributed by atoms with Crippen molar-refractivity contribution in [3.05, 3.63) is 60.3 Å². The molecule has 9 heteroatoms. The van der Waals surface area contributed by atoms with Crippen molar-refractivity contribution in [3.63, 3.8) is 0 Å². The largest absolute Gasteiger partial charge is 0.494 e. The fraction of sp³-hybridized carbons (Fsp3) is 0.407.